The lowest BCUT2D eigenvalue weighted by Crippen LogP contribution is -2.49. The fourth-order valence-corrected chi connectivity index (χ4v) is 5.66. The molecule has 6 rings (SSSR count). The van der Waals surface area contributed by atoms with Gasteiger partial charge in [-0.05, 0) is 66.9 Å². The van der Waals surface area contributed by atoms with Crippen molar-refractivity contribution in [3.8, 4) is 11.5 Å². The molecule has 4 aromatic rings. The van der Waals surface area contributed by atoms with Crippen molar-refractivity contribution in [2.24, 2.45) is 0 Å². The molecule has 0 radical (unpaired) electrons. The Hall–Kier alpha value is -4.79. The zero-order valence-corrected chi connectivity index (χ0v) is 21.9. The summed E-state index contributed by atoms with van der Waals surface area (Å²) in [6.45, 7) is 2.55. The first-order valence-electron chi connectivity index (χ1n) is 12.7. The molecule has 2 N–H and O–H groups in total. The highest BCUT2D eigenvalue weighted by Crippen LogP contribution is 2.45. The van der Waals surface area contributed by atoms with E-state index in [9.17, 15) is 14.4 Å². The van der Waals surface area contributed by atoms with E-state index in [0.29, 0.717) is 42.3 Å². The van der Waals surface area contributed by atoms with Crippen molar-refractivity contribution in [1.29, 1.82) is 0 Å². The Balaban J connectivity index is 1.21. The maximum atomic E-state index is 13.8. The Morgan fingerprint density at radius 1 is 1.00 bits per heavy atom. The van der Waals surface area contributed by atoms with E-state index in [1.165, 1.54) is 4.90 Å². The van der Waals surface area contributed by atoms with Gasteiger partial charge in [0.25, 0.3) is 11.8 Å². The number of rotatable bonds is 6. The maximum Gasteiger partial charge on any atom is 0.332 e. The molecular weight excluding hydrogens is 496 g/mol. The van der Waals surface area contributed by atoms with Gasteiger partial charge in [-0.25, -0.2) is 9.69 Å². The van der Waals surface area contributed by atoms with E-state index in [2.05, 4.69) is 10.3 Å². The summed E-state index contributed by atoms with van der Waals surface area (Å²) in [5.74, 6) is 0.603. The number of ether oxygens (including phenoxy) is 2. The lowest BCUT2D eigenvalue weighted by molar-refractivity contribution is -0.125. The van der Waals surface area contributed by atoms with E-state index in [0.717, 1.165) is 27.7 Å². The van der Waals surface area contributed by atoms with Gasteiger partial charge in [0, 0.05) is 29.6 Å². The van der Waals surface area contributed by atoms with Crippen molar-refractivity contribution in [3.63, 3.8) is 0 Å². The number of H-pyrrole nitrogens is 1. The molecule has 1 fully saturated rings. The number of methoxy groups -OCH3 is 2. The Morgan fingerprint density at radius 3 is 2.49 bits per heavy atom. The SMILES string of the molecule is COc1ccc(CNC(=O)c2ccc(N3C(=O)N4CCc5c([nH]c6ccccc56)C4(C)C3=O)cc2)cc1OC. The fraction of sp³-hybridized carbons (Fsp3) is 0.233. The third-order valence-electron chi connectivity index (χ3n) is 7.76. The average Bonchev–Trinajstić information content (AvgIpc) is 3.44. The first-order chi connectivity index (χ1) is 18.9. The summed E-state index contributed by atoms with van der Waals surface area (Å²) < 4.78 is 10.6. The number of nitrogens with one attached hydrogen (secondary N) is 2. The molecule has 1 unspecified atom stereocenters. The number of hydrogen-bond acceptors (Lipinski definition) is 5. The van der Waals surface area contributed by atoms with Crippen LogP contribution in [-0.2, 0) is 23.3 Å². The number of hydrogen-bond donors (Lipinski definition) is 2. The second kappa shape index (κ2) is 9.20. The summed E-state index contributed by atoms with van der Waals surface area (Å²) in [4.78, 5) is 46.4. The Morgan fingerprint density at radius 2 is 1.74 bits per heavy atom. The van der Waals surface area contributed by atoms with Crippen LogP contribution >= 0.6 is 0 Å². The molecule has 1 saturated heterocycles. The molecule has 1 aromatic heterocycles. The van der Waals surface area contributed by atoms with E-state index in [4.69, 9.17) is 9.47 Å². The first kappa shape index (κ1) is 24.5. The third kappa shape index (κ3) is 3.72. The number of carbonyl (C=O) groups is 3. The van der Waals surface area contributed by atoms with Crippen LogP contribution in [0.2, 0.25) is 0 Å². The topological polar surface area (TPSA) is 104 Å². The van der Waals surface area contributed by atoms with Gasteiger partial charge < -0.3 is 24.7 Å². The van der Waals surface area contributed by atoms with Crippen LogP contribution in [0.5, 0.6) is 11.5 Å². The highest BCUT2D eigenvalue weighted by Gasteiger charge is 2.59. The zero-order valence-electron chi connectivity index (χ0n) is 21.9. The van der Waals surface area contributed by atoms with Gasteiger partial charge in [-0.15, -0.1) is 0 Å². The average molecular weight is 525 g/mol. The minimum Gasteiger partial charge on any atom is -0.493 e. The smallest absolute Gasteiger partial charge is 0.332 e. The van der Waals surface area contributed by atoms with Crippen LogP contribution in [0.15, 0.2) is 66.7 Å². The standard InChI is InChI=1S/C30H28N4O5/c1-30-26-22(21-6-4-5-7-23(21)32-26)14-15-33(30)29(37)34(28(30)36)20-11-9-19(10-12-20)27(35)31-17-18-8-13-24(38-2)25(16-18)39-3/h4-13,16,32H,14-15,17H2,1-3H3,(H,31,35). The van der Waals surface area contributed by atoms with Gasteiger partial charge >= 0.3 is 6.03 Å². The highest BCUT2D eigenvalue weighted by molar-refractivity contribution is 6.23. The van der Waals surface area contributed by atoms with Crippen LogP contribution in [0, 0.1) is 0 Å². The van der Waals surface area contributed by atoms with Crippen molar-refractivity contribution in [2.75, 3.05) is 25.7 Å². The number of urea groups is 1. The number of carbonyl (C=O) groups excluding carboxylic acids is 3. The minimum atomic E-state index is -1.13. The zero-order chi connectivity index (χ0) is 27.3. The predicted octanol–water partition coefficient (Wildman–Crippen LogP) is 4.36. The predicted molar refractivity (Wildman–Crippen MR) is 146 cm³/mol. The summed E-state index contributed by atoms with van der Waals surface area (Å²) in [6, 6.07) is 19.5. The van der Waals surface area contributed by atoms with Gasteiger partial charge in [0.05, 0.1) is 25.6 Å². The van der Waals surface area contributed by atoms with Crippen molar-refractivity contribution in [3.05, 3.63) is 89.1 Å². The first-order valence-corrected chi connectivity index (χ1v) is 12.7. The Labute approximate surface area is 225 Å². The third-order valence-corrected chi connectivity index (χ3v) is 7.76. The monoisotopic (exact) mass is 524 g/mol. The number of anilines is 1. The second-order valence-corrected chi connectivity index (χ2v) is 9.84. The Kier molecular flexibility index (Phi) is 5.79. The maximum absolute atomic E-state index is 13.8. The summed E-state index contributed by atoms with van der Waals surface area (Å²) in [6.07, 6.45) is 0.668. The lowest BCUT2D eigenvalue weighted by atomic mass is 9.87. The molecule has 1 atom stereocenters. The van der Waals surface area contributed by atoms with Gasteiger partial charge in [0.1, 0.15) is 0 Å². The molecule has 0 bridgehead atoms. The van der Waals surface area contributed by atoms with Crippen LogP contribution in [0.4, 0.5) is 10.5 Å². The molecular formula is C30H28N4O5. The number of para-hydroxylation sites is 1. The number of nitrogens with zero attached hydrogens (tertiary/aromatic N) is 2. The van der Waals surface area contributed by atoms with E-state index < -0.39 is 5.54 Å². The van der Waals surface area contributed by atoms with Crippen LogP contribution in [0.1, 0.15) is 34.1 Å². The van der Waals surface area contributed by atoms with Crippen LogP contribution in [0.3, 0.4) is 0 Å². The van der Waals surface area contributed by atoms with Crippen molar-refractivity contribution in [2.45, 2.75) is 25.4 Å². The van der Waals surface area contributed by atoms with Crippen LogP contribution in [-0.4, -0.2) is 48.5 Å². The molecule has 2 aliphatic rings. The summed E-state index contributed by atoms with van der Waals surface area (Å²) in [5.41, 5.74) is 3.37. The molecule has 3 aromatic carbocycles. The molecule has 0 saturated carbocycles. The van der Waals surface area contributed by atoms with Gasteiger partial charge in [0.2, 0.25) is 0 Å². The number of imide groups is 1. The van der Waals surface area contributed by atoms with Gasteiger partial charge in [-0.1, -0.05) is 24.3 Å². The highest BCUT2D eigenvalue weighted by atomic mass is 16.5. The second-order valence-electron chi connectivity index (χ2n) is 9.84. The molecule has 39 heavy (non-hydrogen) atoms. The fourth-order valence-electron chi connectivity index (χ4n) is 5.66. The van der Waals surface area contributed by atoms with Gasteiger partial charge in [0.15, 0.2) is 17.0 Å². The summed E-state index contributed by atoms with van der Waals surface area (Å²) in [7, 11) is 3.13. The molecule has 4 amide bonds. The van der Waals surface area contributed by atoms with E-state index in [1.807, 2.05) is 30.3 Å². The van der Waals surface area contributed by atoms with E-state index in [-0.39, 0.29) is 17.8 Å². The van der Waals surface area contributed by atoms with Gasteiger partial charge in [-0.3, -0.25) is 9.59 Å². The Bertz CT molecular complexity index is 1630. The quantitative estimate of drug-likeness (QED) is 0.365. The molecule has 198 valence electrons. The normalized spacial score (nSPS) is 18.2. The molecule has 0 spiro atoms. The summed E-state index contributed by atoms with van der Waals surface area (Å²) in [5, 5.41) is 3.96. The van der Waals surface area contributed by atoms with E-state index in [1.54, 1.807) is 62.4 Å². The van der Waals surface area contributed by atoms with Crippen molar-refractivity contribution < 1.29 is 23.9 Å². The molecule has 0 aliphatic carbocycles. The van der Waals surface area contributed by atoms with Crippen LogP contribution < -0.4 is 19.7 Å². The van der Waals surface area contributed by atoms with Crippen molar-refractivity contribution >= 4 is 34.4 Å². The van der Waals surface area contributed by atoms with Crippen molar-refractivity contribution in [1.82, 2.24) is 15.2 Å². The number of benzene rings is 3. The molecule has 9 heteroatoms. The number of amides is 4. The lowest BCUT2D eigenvalue weighted by Gasteiger charge is -2.35. The largest absolute Gasteiger partial charge is 0.493 e. The minimum absolute atomic E-state index is 0.275. The number of aromatic amines is 1. The molecule has 3 heterocycles. The number of fused-ring (bicyclic) bond motifs is 5. The van der Waals surface area contributed by atoms with Gasteiger partial charge in [-0.2, -0.15) is 0 Å². The van der Waals surface area contributed by atoms with E-state index >= 15 is 0 Å². The molecule has 2 aliphatic heterocycles. The van der Waals surface area contributed by atoms with Crippen LogP contribution in [0.25, 0.3) is 10.9 Å². The summed E-state index contributed by atoms with van der Waals surface area (Å²) >= 11 is 0. The number of aromatic nitrogens is 1. The molecule has 9 nitrogen and oxygen atoms in total.